The molecule has 2 aromatic rings. The second kappa shape index (κ2) is 7.00. The van der Waals surface area contributed by atoms with E-state index in [1.807, 2.05) is 12.1 Å². The summed E-state index contributed by atoms with van der Waals surface area (Å²) >= 11 is 5.87. The number of amides is 1. The Balaban J connectivity index is 1.65. The molecule has 7 heteroatoms. The lowest BCUT2D eigenvalue weighted by Gasteiger charge is -2.26. The quantitative estimate of drug-likeness (QED) is 0.799. The van der Waals surface area contributed by atoms with E-state index in [4.69, 9.17) is 11.6 Å². The van der Waals surface area contributed by atoms with E-state index in [9.17, 15) is 4.79 Å². The molecule has 3 N–H and O–H groups in total. The zero-order chi connectivity index (χ0) is 16.2. The predicted molar refractivity (Wildman–Crippen MR) is 90.0 cm³/mol. The third-order valence-corrected chi connectivity index (χ3v) is 4.47. The zero-order valence-corrected chi connectivity index (χ0v) is 13.7. The van der Waals surface area contributed by atoms with Crippen LogP contribution in [0.5, 0.6) is 0 Å². The van der Waals surface area contributed by atoms with Crippen LogP contribution in [-0.2, 0) is 0 Å². The van der Waals surface area contributed by atoms with Gasteiger partial charge in [0.05, 0.1) is 0 Å². The molecule has 0 bridgehead atoms. The summed E-state index contributed by atoms with van der Waals surface area (Å²) in [6.07, 6.45) is 4.34. The van der Waals surface area contributed by atoms with Crippen molar-refractivity contribution < 1.29 is 4.79 Å². The number of nitrogens with zero attached hydrogens (tertiary/aromatic N) is 2. The highest BCUT2D eigenvalue weighted by molar-refractivity contribution is 6.30. The first kappa shape index (κ1) is 15.8. The molecule has 1 heterocycles. The minimum atomic E-state index is -0.199. The van der Waals surface area contributed by atoms with Crippen molar-refractivity contribution in [3.05, 3.63) is 35.0 Å². The van der Waals surface area contributed by atoms with Gasteiger partial charge < -0.3 is 10.6 Å². The maximum atomic E-state index is 12.4. The molecule has 1 amide bonds. The van der Waals surface area contributed by atoms with Crippen molar-refractivity contribution in [1.29, 1.82) is 0 Å². The second-order valence-corrected chi connectivity index (χ2v) is 6.52. The van der Waals surface area contributed by atoms with E-state index >= 15 is 0 Å². The number of anilines is 2. The first-order chi connectivity index (χ1) is 11.1. The lowest BCUT2D eigenvalue weighted by atomic mass is 9.87. The Morgan fingerprint density at radius 2 is 1.87 bits per heavy atom. The molecule has 23 heavy (non-hydrogen) atoms. The minimum absolute atomic E-state index is 0.199. The number of nitrogens with one attached hydrogen (secondary N) is 3. The Morgan fingerprint density at radius 1 is 1.17 bits per heavy atom. The van der Waals surface area contributed by atoms with E-state index in [1.54, 1.807) is 12.1 Å². The molecule has 0 atom stereocenters. The molecule has 0 spiro atoms. The number of hydrogen-bond donors (Lipinski definition) is 3. The van der Waals surface area contributed by atoms with Crippen LogP contribution in [0, 0.1) is 5.92 Å². The highest BCUT2D eigenvalue weighted by atomic mass is 35.5. The highest BCUT2D eigenvalue weighted by Gasteiger charge is 2.23. The number of carbonyl (C=O) groups excluding carboxylic acids is 1. The minimum Gasteiger partial charge on any atom is -0.348 e. The summed E-state index contributed by atoms with van der Waals surface area (Å²) in [5.74, 6) is 0.959. The fraction of sp³-hybridized carbons (Fsp3) is 0.438. The van der Waals surface area contributed by atoms with Crippen LogP contribution in [-0.4, -0.2) is 27.4 Å². The number of H-pyrrole nitrogens is 1. The molecule has 1 fully saturated rings. The molecular formula is C16H20ClN5O. The van der Waals surface area contributed by atoms with Crippen molar-refractivity contribution in [2.45, 2.75) is 38.6 Å². The number of aromatic amines is 1. The summed E-state index contributed by atoms with van der Waals surface area (Å²) in [6, 6.07) is 7.40. The summed E-state index contributed by atoms with van der Waals surface area (Å²) in [5.41, 5.74) is 1.07. The summed E-state index contributed by atoms with van der Waals surface area (Å²) in [6.45, 7) is 2.25. The molecular weight excluding hydrogens is 314 g/mol. The Hall–Kier alpha value is -2.08. The molecule has 122 valence electrons. The summed E-state index contributed by atoms with van der Waals surface area (Å²) in [5, 5.41) is 17.3. The molecule has 1 saturated carbocycles. The molecule has 1 aliphatic carbocycles. The largest absolute Gasteiger partial charge is 0.348 e. The van der Waals surface area contributed by atoms with Gasteiger partial charge in [0.15, 0.2) is 11.5 Å². The highest BCUT2D eigenvalue weighted by Crippen LogP contribution is 2.24. The van der Waals surface area contributed by atoms with Crippen molar-refractivity contribution in [3.63, 3.8) is 0 Å². The predicted octanol–water partition coefficient (Wildman–Crippen LogP) is 3.51. The van der Waals surface area contributed by atoms with Crippen molar-refractivity contribution >= 4 is 29.0 Å². The number of halogens is 1. The van der Waals surface area contributed by atoms with Crippen molar-refractivity contribution in [2.75, 3.05) is 5.32 Å². The van der Waals surface area contributed by atoms with Gasteiger partial charge in [-0.25, -0.2) is 0 Å². The zero-order valence-electron chi connectivity index (χ0n) is 13.0. The molecule has 1 aliphatic rings. The van der Waals surface area contributed by atoms with E-state index in [1.165, 1.54) is 0 Å². The molecule has 3 rings (SSSR count). The van der Waals surface area contributed by atoms with E-state index in [0.717, 1.165) is 37.3 Å². The van der Waals surface area contributed by atoms with Crippen LogP contribution in [0.25, 0.3) is 0 Å². The number of carbonyl (C=O) groups is 1. The van der Waals surface area contributed by atoms with Crippen molar-refractivity contribution in [3.8, 4) is 0 Å². The maximum absolute atomic E-state index is 12.4. The van der Waals surface area contributed by atoms with Crippen LogP contribution in [0.2, 0.25) is 5.02 Å². The SMILES string of the molecule is CC1CCC(NC(=O)c2n[nH]nc2Nc2ccc(Cl)cc2)CC1. The van der Waals surface area contributed by atoms with Gasteiger partial charge in [0.1, 0.15) is 0 Å². The lowest BCUT2D eigenvalue weighted by Crippen LogP contribution is -2.37. The second-order valence-electron chi connectivity index (χ2n) is 6.08. The number of benzene rings is 1. The standard InChI is InChI=1S/C16H20ClN5O/c1-10-2-6-13(7-3-10)19-16(23)14-15(21-22-20-14)18-12-8-4-11(17)5-9-12/h4-5,8-10,13H,2-3,6-7H2,1H3,(H,19,23)(H2,18,20,21,22). The summed E-state index contributed by atoms with van der Waals surface area (Å²) in [7, 11) is 0. The first-order valence-corrected chi connectivity index (χ1v) is 8.24. The van der Waals surface area contributed by atoms with Gasteiger partial charge in [0, 0.05) is 16.8 Å². The normalized spacial score (nSPS) is 21.0. The number of hydrogen-bond acceptors (Lipinski definition) is 4. The van der Waals surface area contributed by atoms with Gasteiger partial charge in [-0.05, 0) is 55.9 Å². The fourth-order valence-corrected chi connectivity index (χ4v) is 2.93. The average molecular weight is 334 g/mol. The molecule has 6 nitrogen and oxygen atoms in total. The molecule has 0 radical (unpaired) electrons. The van der Waals surface area contributed by atoms with E-state index in [-0.39, 0.29) is 17.6 Å². The smallest absolute Gasteiger partial charge is 0.275 e. The summed E-state index contributed by atoms with van der Waals surface area (Å²) < 4.78 is 0. The average Bonchev–Trinajstić information content (AvgIpc) is 3.00. The number of rotatable bonds is 4. The summed E-state index contributed by atoms with van der Waals surface area (Å²) in [4.78, 5) is 12.4. The Bertz CT molecular complexity index is 661. The van der Waals surface area contributed by atoms with Gasteiger partial charge in [0.25, 0.3) is 5.91 Å². The Labute approximate surface area is 140 Å². The van der Waals surface area contributed by atoms with Gasteiger partial charge in [-0.1, -0.05) is 18.5 Å². The topological polar surface area (TPSA) is 82.7 Å². The monoisotopic (exact) mass is 333 g/mol. The van der Waals surface area contributed by atoms with E-state index < -0.39 is 0 Å². The van der Waals surface area contributed by atoms with Crippen LogP contribution in [0.4, 0.5) is 11.5 Å². The van der Waals surface area contributed by atoms with Crippen LogP contribution in [0.3, 0.4) is 0 Å². The van der Waals surface area contributed by atoms with Crippen LogP contribution >= 0.6 is 11.6 Å². The Morgan fingerprint density at radius 3 is 2.57 bits per heavy atom. The van der Waals surface area contributed by atoms with Gasteiger partial charge in [0.2, 0.25) is 0 Å². The number of aromatic nitrogens is 3. The lowest BCUT2D eigenvalue weighted by molar-refractivity contribution is 0.0918. The fourth-order valence-electron chi connectivity index (χ4n) is 2.80. The van der Waals surface area contributed by atoms with Crippen LogP contribution in [0.1, 0.15) is 43.1 Å². The molecule has 0 aliphatic heterocycles. The van der Waals surface area contributed by atoms with Crippen LogP contribution in [0.15, 0.2) is 24.3 Å². The van der Waals surface area contributed by atoms with Gasteiger partial charge in [-0.15, -0.1) is 10.2 Å². The van der Waals surface area contributed by atoms with E-state index in [0.29, 0.717) is 10.8 Å². The third kappa shape index (κ3) is 4.01. The maximum Gasteiger partial charge on any atom is 0.275 e. The van der Waals surface area contributed by atoms with Gasteiger partial charge in [-0.3, -0.25) is 4.79 Å². The van der Waals surface area contributed by atoms with Crippen molar-refractivity contribution in [1.82, 2.24) is 20.7 Å². The third-order valence-electron chi connectivity index (χ3n) is 4.22. The van der Waals surface area contributed by atoms with Gasteiger partial charge in [-0.2, -0.15) is 5.21 Å². The van der Waals surface area contributed by atoms with E-state index in [2.05, 4.69) is 33.0 Å². The first-order valence-electron chi connectivity index (χ1n) is 7.86. The molecule has 1 aromatic carbocycles. The Kier molecular flexibility index (Phi) is 4.81. The van der Waals surface area contributed by atoms with Crippen LogP contribution < -0.4 is 10.6 Å². The molecule has 0 saturated heterocycles. The molecule has 0 unspecified atom stereocenters. The molecule has 1 aromatic heterocycles. The van der Waals surface area contributed by atoms with Gasteiger partial charge >= 0.3 is 0 Å². The van der Waals surface area contributed by atoms with Crippen molar-refractivity contribution in [2.24, 2.45) is 5.92 Å².